The standard InChI is InChI=1S/C23H25F3N2O3S/c1-5-30-21(29)13-32-22-17(12-27)18(23(24,25)26)11-19(28-22)16-6-7-20(15(4)10-16)31-9-8-14(2)3/h6-7,10-11,14H,5,8-9,13H2,1-4H3. The zero-order valence-corrected chi connectivity index (χ0v) is 19.2. The van der Waals surface area contributed by atoms with Gasteiger partial charge in [0.15, 0.2) is 0 Å². The van der Waals surface area contributed by atoms with Gasteiger partial charge in [-0.05, 0) is 56.0 Å². The predicted octanol–water partition coefficient (Wildman–Crippen LogP) is 6.03. The number of hydrogen-bond acceptors (Lipinski definition) is 6. The molecule has 5 nitrogen and oxygen atoms in total. The number of nitriles is 1. The van der Waals surface area contributed by atoms with Crippen LogP contribution in [0.25, 0.3) is 11.3 Å². The van der Waals surface area contributed by atoms with Crippen LogP contribution in [-0.4, -0.2) is 29.9 Å². The average molecular weight is 467 g/mol. The summed E-state index contributed by atoms with van der Waals surface area (Å²) in [6.45, 7) is 8.30. The smallest absolute Gasteiger partial charge is 0.417 e. The van der Waals surface area contributed by atoms with E-state index in [1.807, 2.05) is 0 Å². The van der Waals surface area contributed by atoms with Crippen molar-refractivity contribution in [2.24, 2.45) is 5.92 Å². The first-order chi connectivity index (χ1) is 15.1. The van der Waals surface area contributed by atoms with Crippen LogP contribution in [0.15, 0.2) is 29.3 Å². The topological polar surface area (TPSA) is 72.2 Å². The Bertz CT molecular complexity index is 1000. The fourth-order valence-electron chi connectivity index (χ4n) is 2.81. The summed E-state index contributed by atoms with van der Waals surface area (Å²) >= 11 is 0.747. The fraction of sp³-hybridized carbons (Fsp3) is 0.435. The van der Waals surface area contributed by atoms with Crippen LogP contribution in [0, 0.1) is 24.2 Å². The van der Waals surface area contributed by atoms with Gasteiger partial charge in [0.1, 0.15) is 16.8 Å². The monoisotopic (exact) mass is 466 g/mol. The Morgan fingerprint density at radius 2 is 2.00 bits per heavy atom. The second kappa shape index (κ2) is 11.2. The van der Waals surface area contributed by atoms with E-state index in [0.29, 0.717) is 23.8 Å². The molecule has 2 aromatic rings. The van der Waals surface area contributed by atoms with Gasteiger partial charge in [-0.1, -0.05) is 25.6 Å². The van der Waals surface area contributed by atoms with Crippen LogP contribution in [0.3, 0.4) is 0 Å². The van der Waals surface area contributed by atoms with Crippen LogP contribution >= 0.6 is 11.8 Å². The van der Waals surface area contributed by atoms with E-state index in [0.717, 1.165) is 29.8 Å². The third kappa shape index (κ3) is 6.89. The molecule has 0 fully saturated rings. The maximum Gasteiger partial charge on any atom is 0.417 e. The summed E-state index contributed by atoms with van der Waals surface area (Å²) in [5, 5.41) is 9.19. The van der Waals surface area contributed by atoms with E-state index in [-0.39, 0.29) is 23.1 Å². The highest BCUT2D eigenvalue weighted by Gasteiger charge is 2.36. The zero-order valence-electron chi connectivity index (χ0n) is 18.4. The Kier molecular flexibility index (Phi) is 8.96. The molecule has 0 atom stereocenters. The minimum absolute atomic E-state index is 0.0551. The van der Waals surface area contributed by atoms with E-state index >= 15 is 0 Å². The first-order valence-corrected chi connectivity index (χ1v) is 11.1. The largest absolute Gasteiger partial charge is 0.493 e. The fourth-order valence-corrected chi connectivity index (χ4v) is 3.61. The third-order valence-electron chi connectivity index (χ3n) is 4.46. The number of ether oxygens (including phenoxy) is 2. The molecule has 0 bridgehead atoms. The van der Waals surface area contributed by atoms with Crippen LogP contribution < -0.4 is 4.74 Å². The molecular formula is C23H25F3N2O3S. The van der Waals surface area contributed by atoms with Crippen molar-refractivity contribution in [2.45, 2.75) is 45.3 Å². The lowest BCUT2D eigenvalue weighted by Crippen LogP contribution is -2.12. The molecule has 9 heteroatoms. The van der Waals surface area contributed by atoms with E-state index in [1.165, 1.54) is 0 Å². The van der Waals surface area contributed by atoms with Gasteiger partial charge in [-0.2, -0.15) is 18.4 Å². The molecule has 0 aliphatic rings. The maximum absolute atomic E-state index is 13.7. The van der Waals surface area contributed by atoms with Crippen molar-refractivity contribution < 1.29 is 27.4 Å². The lowest BCUT2D eigenvalue weighted by Gasteiger charge is -2.15. The molecule has 0 saturated heterocycles. The molecule has 1 aromatic heterocycles. The Morgan fingerprint density at radius 3 is 2.56 bits per heavy atom. The number of esters is 1. The lowest BCUT2D eigenvalue weighted by molar-refractivity contribution is -0.140. The number of pyridine rings is 1. The summed E-state index contributed by atoms with van der Waals surface area (Å²) in [4.78, 5) is 15.9. The van der Waals surface area contributed by atoms with Gasteiger partial charge in [0.2, 0.25) is 0 Å². The Hall–Kier alpha value is -2.73. The molecule has 0 aliphatic heterocycles. The van der Waals surface area contributed by atoms with Gasteiger partial charge in [-0.3, -0.25) is 4.79 Å². The van der Waals surface area contributed by atoms with Gasteiger partial charge >= 0.3 is 12.1 Å². The number of aryl methyl sites for hydroxylation is 1. The number of halogens is 3. The highest BCUT2D eigenvalue weighted by atomic mass is 32.2. The first-order valence-electron chi connectivity index (χ1n) is 10.1. The summed E-state index contributed by atoms with van der Waals surface area (Å²) in [6, 6.07) is 7.47. The molecule has 0 unspecified atom stereocenters. The molecule has 0 saturated carbocycles. The van der Waals surface area contributed by atoms with Crippen molar-refractivity contribution in [3.63, 3.8) is 0 Å². The van der Waals surface area contributed by atoms with Crippen LogP contribution in [-0.2, 0) is 15.7 Å². The van der Waals surface area contributed by atoms with Crippen LogP contribution in [0.2, 0.25) is 0 Å². The van der Waals surface area contributed by atoms with E-state index in [2.05, 4.69) is 18.8 Å². The van der Waals surface area contributed by atoms with Gasteiger partial charge in [0.05, 0.1) is 35.8 Å². The predicted molar refractivity (Wildman–Crippen MR) is 116 cm³/mol. The van der Waals surface area contributed by atoms with Gasteiger partial charge in [0.25, 0.3) is 0 Å². The number of aromatic nitrogens is 1. The third-order valence-corrected chi connectivity index (χ3v) is 5.41. The second-order valence-corrected chi connectivity index (χ2v) is 8.41. The van der Waals surface area contributed by atoms with Gasteiger partial charge in [-0.25, -0.2) is 4.98 Å². The molecule has 0 spiro atoms. The number of hydrogen-bond donors (Lipinski definition) is 0. The highest BCUT2D eigenvalue weighted by molar-refractivity contribution is 7.99. The molecular weight excluding hydrogens is 441 g/mol. The minimum atomic E-state index is -4.75. The SMILES string of the molecule is CCOC(=O)CSc1nc(-c2ccc(OCCC(C)C)c(C)c2)cc(C(F)(F)F)c1C#N. The van der Waals surface area contributed by atoms with E-state index in [4.69, 9.17) is 9.47 Å². The summed E-state index contributed by atoms with van der Waals surface area (Å²) < 4.78 is 51.6. The summed E-state index contributed by atoms with van der Waals surface area (Å²) in [5.41, 5.74) is -0.440. The molecule has 0 radical (unpaired) electrons. The number of nitrogens with zero attached hydrogens (tertiary/aromatic N) is 2. The molecule has 0 N–H and O–H groups in total. The van der Waals surface area contributed by atoms with E-state index < -0.39 is 23.3 Å². The van der Waals surface area contributed by atoms with Crippen molar-refractivity contribution >= 4 is 17.7 Å². The molecule has 0 aliphatic carbocycles. The van der Waals surface area contributed by atoms with Crippen LogP contribution in [0.1, 0.15) is 43.9 Å². The zero-order chi connectivity index (χ0) is 23.9. The summed E-state index contributed by atoms with van der Waals surface area (Å²) in [5.74, 6) is 0.290. The van der Waals surface area contributed by atoms with Crippen molar-refractivity contribution in [1.82, 2.24) is 4.98 Å². The van der Waals surface area contributed by atoms with Crippen molar-refractivity contribution in [2.75, 3.05) is 19.0 Å². The van der Waals surface area contributed by atoms with Crippen molar-refractivity contribution in [3.8, 4) is 23.1 Å². The Balaban J connectivity index is 2.44. The number of alkyl halides is 3. The molecule has 1 aromatic carbocycles. The quantitative estimate of drug-likeness (QED) is 0.332. The number of carbonyl (C=O) groups excluding carboxylic acids is 1. The lowest BCUT2D eigenvalue weighted by atomic mass is 10.0. The first kappa shape index (κ1) is 25.5. The van der Waals surface area contributed by atoms with Gasteiger partial charge < -0.3 is 9.47 Å². The molecule has 1 heterocycles. The molecule has 32 heavy (non-hydrogen) atoms. The number of carbonyl (C=O) groups is 1. The van der Waals surface area contributed by atoms with Crippen molar-refractivity contribution in [1.29, 1.82) is 5.26 Å². The van der Waals surface area contributed by atoms with Crippen molar-refractivity contribution in [3.05, 3.63) is 41.0 Å². The Labute approximate surface area is 189 Å². The number of benzene rings is 1. The van der Waals surface area contributed by atoms with Gasteiger partial charge in [-0.15, -0.1) is 0 Å². The van der Waals surface area contributed by atoms with E-state index in [9.17, 15) is 23.2 Å². The average Bonchev–Trinajstić information content (AvgIpc) is 2.72. The normalized spacial score (nSPS) is 11.3. The molecule has 0 amide bonds. The number of rotatable bonds is 9. The van der Waals surface area contributed by atoms with E-state index in [1.54, 1.807) is 38.1 Å². The molecule has 172 valence electrons. The maximum atomic E-state index is 13.7. The minimum Gasteiger partial charge on any atom is -0.493 e. The van der Waals surface area contributed by atoms with Gasteiger partial charge in [0, 0.05) is 5.56 Å². The van der Waals surface area contributed by atoms with Crippen LogP contribution in [0.4, 0.5) is 13.2 Å². The van der Waals surface area contributed by atoms with Crippen LogP contribution in [0.5, 0.6) is 5.75 Å². The summed E-state index contributed by atoms with van der Waals surface area (Å²) in [7, 11) is 0. The Morgan fingerprint density at radius 1 is 1.28 bits per heavy atom. The summed E-state index contributed by atoms with van der Waals surface area (Å²) in [6.07, 6.45) is -3.87. The number of thioether (sulfide) groups is 1. The second-order valence-electron chi connectivity index (χ2n) is 7.45. The highest BCUT2D eigenvalue weighted by Crippen LogP contribution is 2.38. The molecule has 2 rings (SSSR count).